The van der Waals surface area contributed by atoms with Crippen LogP contribution in [0.25, 0.3) is 0 Å². The summed E-state index contributed by atoms with van der Waals surface area (Å²) in [5.41, 5.74) is 0.891. The van der Waals surface area contributed by atoms with Gasteiger partial charge in [-0.1, -0.05) is 42.1 Å². The Kier molecular flexibility index (Phi) is 6.01. The third-order valence-corrected chi connectivity index (χ3v) is 4.81. The number of hydrogen-bond acceptors (Lipinski definition) is 1. The van der Waals surface area contributed by atoms with Gasteiger partial charge in [-0.2, -0.15) is 0 Å². The van der Waals surface area contributed by atoms with Crippen LogP contribution >= 0.6 is 34.8 Å². The number of rotatable bonds is 3. The molecule has 2 nitrogen and oxygen atoms in total. The van der Waals surface area contributed by atoms with E-state index in [9.17, 15) is 4.79 Å². The summed E-state index contributed by atoms with van der Waals surface area (Å²) in [5.74, 6) is 0.628. The second kappa shape index (κ2) is 7.53. The van der Waals surface area contributed by atoms with Crippen molar-refractivity contribution in [1.82, 2.24) is 4.90 Å². The Morgan fingerprint density at radius 1 is 1.20 bits per heavy atom. The van der Waals surface area contributed by atoms with Crippen molar-refractivity contribution in [3.8, 4) is 0 Å². The zero-order valence-corrected chi connectivity index (χ0v) is 13.5. The number of benzene rings is 1. The molecule has 0 aromatic heterocycles. The monoisotopic (exact) mass is 333 g/mol. The van der Waals surface area contributed by atoms with E-state index >= 15 is 0 Å². The van der Waals surface area contributed by atoms with Gasteiger partial charge >= 0.3 is 0 Å². The molecule has 1 unspecified atom stereocenters. The van der Waals surface area contributed by atoms with Crippen LogP contribution in [0.2, 0.25) is 10.0 Å². The summed E-state index contributed by atoms with van der Waals surface area (Å²) in [6.45, 7) is 0.803. The van der Waals surface area contributed by atoms with Crippen LogP contribution in [0.3, 0.4) is 0 Å². The van der Waals surface area contributed by atoms with E-state index in [0.29, 0.717) is 22.3 Å². The molecule has 1 atom stereocenters. The van der Waals surface area contributed by atoms with Crippen molar-refractivity contribution in [2.75, 3.05) is 12.4 Å². The van der Waals surface area contributed by atoms with E-state index in [1.807, 2.05) is 11.0 Å². The molecule has 0 radical (unpaired) electrons. The van der Waals surface area contributed by atoms with E-state index in [1.165, 1.54) is 6.42 Å². The maximum Gasteiger partial charge on any atom is 0.227 e. The lowest BCUT2D eigenvalue weighted by Gasteiger charge is -2.28. The molecule has 0 spiro atoms. The summed E-state index contributed by atoms with van der Waals surface area (Å²) in [6, 6.07) is 5.50. The van der Waals surface area contributed by atoms with Crippen LogP contribution in [-0.2, 0) is 11.2 Å². The van der Waals surface area contributed by atoms with Crippen LogP contribution in [0, 0.1) is 0 Å². The van der Waals surface area contributed by atoms with Gasteiger partial charge in [0.2, 0.25) is 5.91 Å². The average molecular weight is 335 g/mol. The summed E-state index contributed by atoms with van der Waals surface area (Å²) >= 11 is 17.9. The number of hydrogen-bond donors (Lipinski definition) is 0. The van der Waals surface area contributed by atoms with Gasteiger partial charge in [-0.25, -0.2) is 0 Å². The summed E-state index contributed by atoms with van der Waals surface area (Å²) in [7, 11) is 0. The molecule has 1 aliphatic rings. The van der Waals surface area contributed by atoms with Crippen LogP contribution in [0.4, 0.5) is 0 Å². The Labute approximate surface area is 135 Å². The van der Waals surface area contributed by atoms with Gasteiger partial charge in [0.15, 0.2) is 0 Å². The lowest BCUT2D eigenvalue weighted by molar-refractivity contribution is -0.132. The van der Waals surface area contributed by atoms with Gasteiger partial charge in [-0.05, 0) is 30.5 Å². The van der Waals surface area contributed by atoms with Crippen LogP contribution in [0.5, 0.6) is 0 Å². The number of carbonyl (C=O) groups is 1. The predicted molar refractivity (Wildman–Crippen MR) is 84.9 cm³/mol. The second-order valence-corrected chi connectivity index (χ2v) is 6.29. The van der Waals surface area contributed by atoms with E-state index in [2.05, 4.69) is 0 Å². The van der Waals surface area contributed by atoms with Crippen LogP contribution in [0.1, 0.15) is 31.2 Å². The predicted octanol–water partition coefficient (Wildman–Crippen LogP) is 4.55. The molecule has 5 heteroatoms. The van der Waals surface area contributed by atoms with Crippen molar-refractivity contribution in [1.29, 1.82) is 0 Å². The Morgan fingerprint density at radius 2 is 2.00 bits per heavy atom. The number of halogens is 3. The molecule has 1 heterocycles. The highest BCUT2D eigenvalue weighted by molar-refractivity contribution is 6.42. The van der Waals surface area contributed by atoms with Crippen molar-refractivity contribution < 1.29 is 4.79 Å². The zero-order valence-electron chi connectivity index (χ0n) is 11.2. The lowest BCUT2D eigenvalue weighted by atomic mass is 10.1. The molecule has 20 heavy (non-hydrogen) atoms. The van der Waals surface area contributed by atoms with Crippen LogP contribution in [0.15, 0.2) is 18.2 Å². The molecule has 0 saturated carbocycles. The van der Waals surface area contributed by atoms with Crippen molar-refractivity contribution in [3.05, 3.63) is 33.8 Å². The standard InChI is InChI=1S/C15H18Cl3NO/c16-10-12-4-2-1-3-7-19(12)15(20)9-11-5-6-13(17)14(18)8-11/h5-6,8,12H,1-4,7,9-10H2. The molecule has 1 fully saturated rings. The first kappa shape index (κ1) is 15.9. The molecular formula is C15H18Cl3NO. The second-order valence-electron chi connectivity index (χ2n) is 5.17. The fraction of sp³-hybridized carbons (Fsp3) is 0.533. The Morgan fingerprint density at radius 3 is 2.70 bits per heavy atom. The van der Waals surface area contributed by atoms with Crippen molar-refractivity contribution >= 4 is 40.7 Å². The summed E-state index contributed by atoms with van der Waals surface area (Å²) < 4.78 is 0. The Balaban J connectivity index is 2.07. The highest BCUT2D eigenvalue weighted by atomic mass is 35.5. The molecule has 1 aliphatic heterocycles. The topological polar surface area (TPSA) is 20.3 Å². The van der Waals surface area contributed by atoms with E-state index in [4.69, 9.17) is 34.8 Å². The minimum absolute atomic E-state index is 0.121. The van der Waals surface area contributed by atoms with Crippen LogP contribution < -0.4 is 0 Å². The number of carbonyl (C=O) groups excluding carboxylic acids is 1. The maximum absolute atomic E-state index is 12.5. The molecule has 0 bridgehead atoms. The molecule has 1 saturated heterocycles. The fourth-order valence-corrected chi connectivity index (χ4v) is 3.23. The molecule has 0 aliphatic carbocycles. The number of amides is 1. The van der Waals surface area contributed by atoms with E-state index in [0.717, 1.165) is 31.4 Å². The third-order valence-electron chi connectivity index (χ3n) is 3.71. The van der Waals surface area contributed by atoms with E-state index < -0.39 is 0 Å². The largest absolute Gasteiger partial charge is 0.338 e. The summed E-state index contributed by atoms with van der Waals surface area (Å²) in [4.78, 5) is 14.4. The minimum atomic E-state index is 0.121. The third kappa shape index (κ3) is 4.03. The zero-order chi connectivity index (χ0) is 14.5. The summed E-state index contributed by atoms with van der Waals surface area (Å²) in [5, 5.41) is 0.998. The highest BCUT2D eigenvalue weighted by Crippen LogP contribution is 2.24. The van der Waals surface area contributed by atoms with E-state index in [-0.39, 0.29) is 11.9 Å². The average Bonchev–Trinajstić information content (AvgIpc) is 2.68. The Hall–Kier alpha value is -0.440. The normalized spacial score (nSPS) is 19.8. The van der Waals surface area contributed by atoms with E-state index in [1.54, 1.807) is 12.1 Å². The maximum atomic E-state index is 12.5. The van der Waals surface area contributed by atoms with Gasteiger partial charge in [0.1, 0.15) is 0 Å². The van der Waals surface area contributed by atoms with Crippen molar-refractivity contribution in [2.45, 2.75) is 38.1 Å². The van der Waals surface area contributed by atoms with Crippen LogP contribution in [-0.4, -0.2) is 29.3 Å². The smallest absolute Gasteiger partial charge is 0.227 e. The molecule has 0 N–H and O–H groups in total. The molecule has 1 amide bonds. The molecule has 1 aromatic carbocycles. The summed E-state index contributed by atoms with van der Waals surface area (Å²) in [6.07, 6.45) is 4.72. The first-order valence-corrected chi connectivity index (χ1v) is 8.20. The van der Waals surface area contributed by atoms with Gasteiger partial charge in [0, 0.05) is 18.5 Å². The van der Waals surface area contributed by atoms with Gasteiger partial charge in [0.25, 0.3) is 0 Å². The quantitative estimate of drug-likeness (QED) is 0.743. The number of nitrogens with zero attached hydrogens (tertiary/aromatic N) is 1. The highest BCUT2D eigenvalue weighted by Gasteiger charge is 2.24. The number of alkyl halides is 1. The van der Waals surface area contributed by atoms with Gasteiger partial charge in [0.05, 0.1) is 16.5 Å². The van der Waals surface area contributed by atoms with Gasteiger partial charge < -0.3 is 4.90 Å². The van der Waals surface area contributed by atoms with Gasteiger partial charge in [-0.15, -0.1) is 11.6 Å². The fourth-order valence-electron chi connectivity index (χ4n) is 2.59. The van der Waals surface area contributed by atoms with Gasteiger partial charge in [-0.3, -0.25) is 4.79 Å². The Bertz CT molecular complexity index is 478. The first-order chi connectivity index (χ1) is 9.61. The van der Waals surface area contributed by atoms with Crippen molar-refractivity contribution in [2.24, 2.45) is 0 Å². The lowest BCUT2D eigenvalue weighted by Crippen LogP contribution is -2.41. The molecular weight excluding hydrogens is 317 g/mol. The van der Waals surface area contributed by atoms with Crippen molar-refractivity contribution in [3.63, 3.8) is 0 Å². The first-order valence-electron chi connectivity index (χ1n) is 6.91. The molecule has 1 aromatic rings. The minimum Gasteiger partial charge on any atom is -0.338 e. The molecule has 110 valence electrons. The molecule has 2 rings (SSSR count). The number of likely N-dealkylation sites (tertiary alicyclic amines) is 1. The SMILES string of the molecule is O=C(Cc1ccc(Cl)c(Cl)c1)N1CCCCCC1CCl.